The van der Waals surface area contributed by atoms with Gasteiger partial charge in [-0.1, -0.05) is 35.9 Å². The molecule has 0 N–H and O–H groups in total. The zero-order chi connectivity index (χ0) is 14.3. The van der Waals surface area contributed by atoms with Gasteiger partial charge in [0, 0.05) is 12.6 Å². The first-order valence-corrected chi connectivity index (χ1v) is 7.03. The Balaban J connectivity index is 2.23. The van der Waals surface area contributed by atoms with Crippen molar-refractivity contribution in [1.82, 2.24) is 9.78 Å². The molecule has 3 rings (SSSR count). The Hall–Kier alpha value is -2.12. The molecular formula is C16H12BrN3. The fourth-order valence-corrected chi connectivity index (χ4v) is 3.05. The Kier molecular flexibility index (Phi) is 3.07. The summed E-state index contributed by atoms with van der Waals surface area (Å²) in [7, 11) is 1.85. The maximum atomic E-state index is 9.05. The van der Waals surface area contributed by atoms with Crippen LogP contribution >= 0.6 is 15.9 Å². The molecule has 0 saturated heterocycles. The zero-order valence-electron chi connectivity index (χ0n) is 11.2. The molecule has 0 aliphatic carbocycles. The van der Waals surface area contributed by atoms with Crippen molar-refractivity contribution in [3.63, 3.8) is 0 Å². The van der Waals surface area contributed by atoms with Crippen molar-refractivity contribution in [2.24, 2.45) is 7.05 Å². The summed E-state index contributed by atoms with van der Waals surface area (Å²) >= 11 is 3.47. The molecule has 0 aliphatic rings. The SMILES string of the molecule is Cc1ccc2cc(-c3c(Br)c(C#N)nn3C)ccc2c1. The molecule has 0 atom stereocenters. The van der Waals surface area contributed by atoms with Gasteiger partial charge in [0.05, 0.1) is 10.2 Å². The van der Waals surface area contributed by atoms with Gasteiger partial charge in [-0.25, -0.2) is 0 Å². The molecule has 0 spiro atoms. The second-order valence-electron chi connectivity index (χ2n) is 4.81. The first-order chi connectivity index (χ1) is 9.60. The molecule has 1 aromatic heterocycles. The maximum absolute atomic E-state index is 9.05. The van der Waals surface area contributed by atoms with E-state index in [1.165, 1.54) is 16.3 Å². The number of halogens is 1. The van der Waals surface area contributed by atoms with Gasteiger partial charge < -0.3 is 0 Å². The van der Waals surface area contributed by atoms with E-state index in [1.54, 1.807) is 4.68 Å². The van der Waals surface area contributed by atoms with E-state index in [1.807, 2.05) is 7.05 Å². The third-order valence-electron chi connectivity index (χ3n) is 3.36. The summed E-state index contributed by atoms with van der Waals surface area (Å²) in [6.07, 6.45) is 0. The summed E-state index contributed by atoms with van der Waals surface area (Å²) in [4.78, 5) is 0. The summed E-state index contributed by atoms with van der Waals surface area (Å²) in [6, 6.07) is 14.8. The minimum atomic E-state index is 0.409. The highest BCUT2D eigenvalue weighted by Crippen LogP contribution is 2.32. The van der Waals surface area contributed by atoms with Gasteiger partial charge in [0.2, 0.25) is 0 Å². The average Bonchev–Trinajstić information content (AvgIpc) is 2.73. The van der Waals surface area contributed by atoms with E-state index in [0.29, 0.717) is 5.69 Å². The van der Waals surface area contributed by atoms with Crippen molar-refractivity contribution in [3.8, 4) is 17.3 Å². The lowest BCUT2D eigenvalue weighted by molar-refractivity contribution is 0.771. The Bertz CT molecular complexity index is 856. The topological polar surface area (TPSA) is 41.6 Å². The summed E-state index contributed by atoms with van der Waals surface area (Å²) in [5, 5.41) is 15.7. The molecule has 0 saturated carbocycles. The second-order valence-corrected chi connectivity index (χ2v) is 5.60. The summed E-state index contributed by atoms with van der Waals surface area (Å²) in [5.74, 6) is 0. The normalized spacial score (nSPS) is 10.7. The van der Waals surface area contributed by atoms with Crippen LogP contribution in [0.2, 0.25) is 0 Å². The van der Waals surface area contributed by atoms with Crippen molar-refractivity contribution in [1.29, 1.82) is 5.26 Å². The molecule has 3 nitrogen and oxygen atoms in total. The number of aryl methyl sites for hydroxylation is 2. The van der Waals surface area contributed by atoms with Crippen LogP contribution in [-0.2, 0) is 7.05 Å². The van der Waals surface area contributed by atoms with Gasteiger partial charge in [0.15, 0.2) is 5.69 Å². The highest BCUT2D eigenvalue weighted by molar-refractivity contribution is 9.10. The Morgan fingerprint density at radius 3 is 2.55 bits per heavy atom. The van der Waals surface area contributed by atoms with Crippen LogP contribution < -0.4 is 0 Å². The lowest BCUT2D eigenvalue weighted by Crippen LogP contribution is -1.94. The number of benzene rings is 2. The number of hydrogen-bond donors (Lipinski definition) is 0. The van der Waals surface area contributed by atoms with Gasteiger partial charge >= 0.3 is 0 Å². The van der Waals surface area contributed by atoms with Crippen LogP contribution in [0.3, 0.4) is 0 Å². The molecular weight excluding hydrogens is 314 g/mol. The standard InChI is InChI=1S/C16H12BrN3/c1-10-3-4-12-8-13(6-5-11(12)7-10)16-15(17)14(9-18)19-20(16)2/h3-8H,1-2H3. The van der Waals surface area contributed by atoms with Crippen molar-refractivity contribution in [2.75, 3.05) is 0 Å². The Morgan fingerprint density at radius 2 is 1.85 bits per heavy atom. The molecule has 1 heterocycles. The maximum Gasteiger partial charge on any atom is 0.177 e. The van der Waals surface area contributed by atoms with E-state index in [-0.39, 0.29) is 0 Å². The van der Waals surface area contributed by atoms with Gasteiger partial charge in [0.1, 0.15) is 6.07 Å². The van der Waals surface area contributed by atoms with Crippen LogP contribution in [0.5, 0.6) is 0 Å². The molecule has 4 heteroatoms. The Morgan fingerprint density at radius 1 is 1.15 bits per heavy atom. The van der Waals surface area contributed by atoms with Crippen LogP contribution in [0.25, 0.3) is 22.0 Å². The number of nitriles is 1. The zero-order valence-corrected chi connectivity index (χ0v) is 12.8. The lowest BCUT2D eigenvalue weighted by atomic mass is 10.0. The fourth-order valence-electron chi connectivity index (χ4n) is 2.40. The summed E-state index contributed by atoms with van der Waals surface area (Å²) < 4.78 is 2.48. The van der Waals surface area contributed by atoms with E-state index in [9.17, 15) is 0 Å². The Labute approximate surface area is 125 Å². The minimum Gasteiger partial charge on any atom is -0.265 e. The van der Waals surface area contributed by atoms with E-state index >= 15 is 0 Å². The fraction of sp³-hybridized carbons (Fsp3) is 0.125. The molecule has 2 aromatic carbocycles. The third kappa shape index (κ3) is 2.00. The third-order valence-corrected chi connectivity index (χ3v) is 4.12. The molecule has 0 unspecified atom stereocenters. The summed E-state index contributed by atoms with van der Waals surface area (Å²) in [5.41, 5.74) is 3.62. The highest BCUT2D eigenvalue weighted by Gasteiger charge is 2.15. The molecule has 0 radical (unpaired) electrons. The van der Waals surface area contributed by atoms with Gasteiger partial charge in [0.25, 0.3) is 0 Å². The lowest BCUT2D eigenvalue weighted by Gasteiger charge is -2.06. The number of hydrogen-bond acceptors (Lipinski definition) is 2. The quantitative estimate of drug-likeness (QED) is 0.673. The predicted molar refractivity (Wildman–Crippen MR) is 83.3 cm³/mol. The minimum absolute atomic E-state index is 0.409. The van der Waals surface area contributed by atoms with Crippen LogP contribution in [0.4, 0.5) is 0 Å². The molecule has 0 amide bonds. The highest BCUT2D eigenvalue weighted by atomic mass is 79.9. The predicted octanol–water partition coefficient (Wildman–Crippen LogP) is 4.18. The molecule has 20 heavy (non-hydrogen) atoms. The molecule has 98 valence electrons. The van der Waals surface area contributed by atoms with Crippen LogP contribution in [0.15, 0.2) is 40.9 Å². The van der Waals surface area contributed by atoms with E-state index < -0.39 is 0 Å². The monoisotopic (exact) mass is 325 g/mol. The van der Waals surface area contributed by atoms with Gasteiger partial charge in [-0.2, -0.15) is 10.4 Å². The van der Waals surface area contributed by atoms with Crippen LogP contribution in [0, 0.1) is 18.3 Å². The number of nitrogens with zero attached hydrogens (tertiary/aromatic N) is 3. The molecule has 0 bridgehead atoms. The van der Waals surface area contributed by atoms with Crippen LogP contribution in [0.1, 0.15) is 11.3 Å². The number of rotatable bonds is 1. The largest absolute Gasteiger partial charge is 0.265 e. The van der Waals surface area contributed by atoms with Crippen molar-refractivity contribution in [2.45, 2.75) is 6.92 Å². The average molecular weight is 326 g/mol. The second kappa shape index (κ2) is 4.77. The molecule has 0 aliphatic heterocycles. The van der Waals surface area contributed by atoms with E-state index in [4.69, 9.17) is 5.26 Å². The first kappa shape index (κ1) is 12.9. The number of aromatic nitrogens is 2. The van der Waals surface area contributed by atoms with E-state index in [2.05, 4.69) is 70.4 Å². The summed E-state index contributed by atoms with van der Waals surface area (Å²) in [6.45, 7) is 2.09. The smallest absolute Gasteiger partial charge is 0.177 e. The van der Waals surface area contributed by atoms with E-state index in [0.717, 1.165) is 15.7 Å². The van der Waals surface area contributed by atoms with Crippen molar-refractivity contribution >= 4 is 26.7 Å². The van der Waals surface area contributed by atoms with Crippen molar-refractivity contribution < 1.29 is 0 Å². The molecule has 0 fully saturated rings. The van der Waals surface area contributed by atoms with Crippen LogP contribution in [-0.4, -0.2) is 9.78 Å². The van der Waals surface area contributed by atoms with Gasteiger partial charge in [-0.05, 0) is 39.7 Å². The van der Waals surface area contributed by atoms with Gasteiger partial charge in [-0.3, -0.25) is 4.68 Å². The first-order valence-electron chi connectivity index (χ1n) is 6.23. The number of fused-ring (bicyclic) bond motifs is 1. The molecule has 3 aromatic rings. The van der Waals surface area contributed by atoms with Crippen molar-refractivity contribution in [3.05, 3.63) is 52.1 Å². The van der Waals surface area contributed by atoms with Gasteiger partial charge in [-0.15, -0.1) is 0 Å².